The Morgan fingerprint density at radius 1 is 1.00 bits per heavy atom. The Labute approximate surface area is 151 Å². The Morgan fingerprint density at radius 3 is 2.17 bits per heavy atom. The van der Waals surface area contributed by atoms with E-state index in [9.17, 15) is 9.59 Å². The van der Waals surface area contributed by atoms with Crippen molar-refractivity contribution in [1.29, 1.82) is 0 Å². The van der Waals surface area contributed by atoms with Crippen molar-refractivity contribution < 1.29 is 9.59 Å². The summed E-state index contributed by atoms with van der Waals surface area (Å²) in [5.41, 5.74) is 1.84. The summed E-state index contributed by atoms with van der Waals surface area (Å²) in [5.74, 6) is -0.223. The van der Waals surface area contributed by atoms with E-state index in [2.05, 4.69) is 28.2 Å². The van der Waals surface area contributed by atoms with Gasteiger partial charge >= 0.3 is 0 Å². The lowest BCUT2D eigenvalue weighted by atomic mass is 10.1. The number of amides is 2. The Morgan fingerprint density at radius 2 is 1.58 bits per heavy atom. The standard InChI is InChI=1S/C19H21BrN2O2/c1-3-4-13-22(2)19(24)15-7-5-14(6-8-15)18(23)21-17-11-9-16(20)10-12-17/h5-12H,3-4,13H2,1-2H3,(H,21,23). The van der Waals surface area contributed by atoms with Crippen LogP contribution in [0.4, 0.5) is 5.69 Å². The van der Waals surface area contributed by atoms with Crippen LogP contribution < -0.4 is 5.32 Å². The molecule has 0 spiro atoms. The molecule has 2 aromatic carbocycles. The molecule has 0 saturated heterocycles. The van der Waals surface area contributed by atoms with Crippen LogP contribution in [0.25, 0.3) is 0 Å². The van der Waals surface area contributed by atoms with E-state index in [0.29, 0.717) is 11.1 Å². The minimum absolute atomic E-state index is 0.0247. The number of hydrogen-bond donors (Lipinski definition) is 1. The summed E-state index contributed by atoms with van der Waals surface area (Å²) in [5, 5.41) is 2.83. The van der Waals surface area contributed by atoms with E-state index in [1.807, 2.05) is 24.3 Å². The Kier molecular flexibility index (Phi) is 6.55. The summed E-state index contributed by atoms with van der Waals surface area (Å²) in [4.78, 5) is 26.2. The summed E-state index contributed by atoms with van der Waals surface area (Å²) in [6, 6.07) is 14.1. The number of benzene rings is 2. The van der Waals surface area contributed by atoms with Gasteiger partial charge in [0.05, 0.1) is 0 Å². The first-order chi connectivity index (χ1) is 11.5. The van der Waals surface area contributed by atoms with Gasteiger partial charge in [-0.25, -0.2) is 0 Å². The van der Waals surface area contributed by atoms with E-state index in [1.165, 1.54) is 0 Å². The van der Waals surface area contributed by atoms with Crippen molar-refractivity contribution in [2.45, 2.75) is 19.8 Å². The van der Waals surface area contributed by atoms with Gasteiger partial charge in [-0.1, -0.05) is 29.3 Å². The van der Waals surface area contributed by atoms with Gasteiger partial charge in [0, 0.05) is 34.9 Å². The van der Waals surface area contributed by atoms with Gasteiger partial charge in [0.2, 0.25) is 0 Å². The van der Waals surface area contributed by atoms with Gasteiger partial charge < -0.3 is 10.2 Å². The second-order valence-corrected chi connectivity index (χ2v) is 6.53. The third-order valence-corrected chi connectivity index (χ3v) is 4.22. The van der Waals surface area contributed by atoms with Crippen LogP contribution in [0, 0.1) is 0 Å². The Bertz CT molecular complexity index is 696. The van der Waals surface area contributed by atoms with E-state index in [0.717, 1.165) is 29.5 Å². The van der Waals surface area contributed by atoms with E-state index >= 15 is 0 Å². The summed E-state index contributed by atoms with van der Waals surface area (Å²) in [6.07, 6.45) is 2.03. The molecular formula is C19H21BrN2O2. The first kappa shape index (κ1) is 18.2. The average Bonchev–Trinajstić information content (AvgIpc) is 2.61. The summed E-state index contributed by atoms with van der Waals surface area (Å²) in [7, 11) is 1.80. The highest BCUT2D eigenvalue weighted by atomic mass is 79.9. The molecule has 2 amide bonds. The van der Waals surface area contributed by atoms with Gasteiger partial charge in [0.15, 0.2) is 0 Å². The molecule has 0 aliphatic heterocycles. The number of anilines is 1. The highest BCUT2D eigenvalue weighted by Gasteiger charge is 2.12. The Balaban J connectivity index is 2.01. The Hall–Kier alpha value is -2.14. The SMILES string of the molecule is CCCCN(C)C(=O)c1ccc(C(=O)Nc2ccc(Br)cc2)cc1. The van der Waals surface area contributed by atoms with E-state index in [-0.39, 0.29) is 11.8 Å². The van der Waals surface area contributed by atoms with Crippen molar-refractivity contribution in [3.63, 3.8) is 0 Å². The number of nitrogens with one attached hydrogen (secondary N) is 1. The van der Waals surface area contributed by atoms with Crippen molar-refractivity contribution in [3.8, 4) is 0 Å². The van der Waals surface area contributed by atoms with Crippen LogP contribution in [0.3, 0.4) is 0 Å². The molecule has 24 heavy (non-hydrogen) atoms. The minimum atomic E-state index is -0.198. The molecule has 4 nitrogen and oxygen atoms in total. The highest BCUT2D eigenvalue weighted by molar-refractivity contribution is 9.10. The van der Waals surface area contributed by atoms with Gasteiger partial charge in [0.25, 0.3) is 11.8 Å². The molecule has 0 radical (unpaired) electrons. The fourth-order valence-electron chi connectivity index (χ4n) is 2.22. The molecule has 5 heteroatoms. The van der Waals surface area contributed by atoms with Gasteiger partial charge in [-0.15, -0.1) is 0 Å². The quantitative estimate of drug-likeness (QED) is 0.787. The molecular weight excluding hydrogens is 368 g/mol. The zero-order chi connectivity index (χ0) is 17.5. The number of nitrogens with zero attached hydrogens (tertiary/aromatic N) is 1. The molecule has 0 heterocycles. The maximum Gasteiger partial charge on any atom is 0.255 e. The summed E-state index contributed by atoms with van der Waals surface area (Å²) in [6.45, 7) is 2.83. The topological polar surface area (TPSA) is 49.4 Å². The largest absolute Gasteiger partial charge is 0.342 e. The molecule has 0 fully saturated rings. The van der Waals surface area contributed by atoms with Crippen LogP contribution >= 0.6 is 15.9 Å². The first-order valence-corrected chi connectivity index (χ1v) is 8.73. The van der Waals surface area contributed by atoms with Crippen LogP contribution in [0.5, 0.6) is 0 Å². The molecule has 0 atom stereocenters. The molecule has 0 aliphatic carbocycles. The molecule has 0 aromatic heterocycles. The van der Waals surface area contributed by atoms with Gasteiger partial charge in [-0.2, -0.15) is 0 Å². The normalized spacial score (nSPS) is 10.3. The van der Waals surface area contributed by atoms with Crippen LogP contribution in [-0.4, -0.2) is 30.3 Å². The highest BCUT2D eigenvalue weighted by Crippen LogP contribution is 2.15. The zero-order valence-electron chi connectivity index (χ0n) is 13.9. The summed E-state index contributed by atoms with van der Waals surface area (Å²) >= 11 is 3.36. The van der Waals surface area contributed by atoms with Gasteiger partial charge in [-0.05, 0) is 55.0 Å². The second kappa shape index (κ2) is 8.64. The first-order valence-electron chi connectivity index (χ1n) is 7.93. The lowest BCUT2D eigenvalue weighted by molar-refractivity contribution is 0.0792. The monoisotopic (exact) mass is 388 g/mol. The van der Waals surface area contributed by atoms with Crippen molar-refractivity contribution >= 4 is 33.4 Å². The average molecular weight is 389 g/mol. The third kappa shape index (κ3) is 4.93. The summed E-state index contributed by atoms with van der Waals surface area (Å²) < 4.78 is 0.954. The zero-order valence-corrected chi connectivity index (χ0v) is 15.5. The molecule has 0 saturated carbocycles. The maximum absolute atomic E-state index is 12.3. The predicted octanol–water partition coefficient (Wildman–Crippen LogP) is 4.57. The predicted molar refractivity (Wildman–Crippen MR) is 100 cm³/mol. The number of unbranched alkanes of at least 4 members (excludes halogenated alkanes) is 1. The van der Waals surface area contributed by atoms with Crippen LogP contribution in [0.1, 0.15) is 40.5 Å². The fraction of sp³-hybridized carbons (Fsp3) is 0.263. The van der Waals surface area contributed by atoms with E-state index in [1.54, 1.807) is 36.2 Å². The molecule has 126 valence electrons. The molecule has 0 aliphatic rings. The number of carbonyl (C=O) groups excluding carboxylic acids is 2. The van der Waals surface area contributed by atoms with Gasteiger partial charge in [0.1, 0.15) is 0 Å². The number of halogens is 1. The van der Waals surface area contributed by atoms with Crippen molar-refractivity contribution in [3.05, 3.63) is 64.1 Å². The van der Waals surface area contributed by atoms with Gasteiger partial charge in [-0.3, -0.25) is 9.59 Å². The van der Waals surface area contributed by atoms with Crippen LogP contribution in [0.15, 0.2) is 53.0 Å². The maximum atomic E-state index is 12.3. The molecule has 0 unspecified atom stereocenters. The lowest BCUT2D eigenvalue weighted by Crippen LogP contribution is -2.27. The molecule has 1 N–H and O–H groups in total. The number of hydrogen-bond acceptors (Lipinski definition) is 2. The van der Waals surface area contributed by atoms with E-state index < -0.39 is 0 Å². The van der Waals surface area contributed by atoms with Crippen molar-refractivity contribution in [2.75, 3.05) is 18.9 Å². The number of carbonyl (C=O) groups is 2. The molecule has 2 rings (SSSR count). The fourth-order valence-corrected chi connectivity index (χ4v) is 2.48. The molecule has 0 bridgehead atoms. The van der Waals surface area contributed by atoms with Crippen molar-refractivity contribution in [2.24, 2.45) is 0 Å². The van der Waals surface area contributed by atoms with Crippen LogP contribution in [0.2, 0.25) is 0 Å². The molecule has 2 aromatic rings. The third-order valence-electron chi connectivity index (χ3n) is 3.69. The second-order valence-electron chi connectivity index (χ2n) is 5.62. The lowest BCUT2D eigenvalue weighted by Gasteiger charge is -2.16. The smallest absolute Gasteiger partial charge is 0.255 e. The minimum Gasteiger partial charge on any atom is -0.342 e. The van der Waals surface area contributed by atoms with Crippen LogP contribution in [-0.2, 0) is 0 Å². The number of rotatable bonds is 6. The van der Waals surface area contributed by atoms with E-state index in [4.69, 9.17) is 0 Å². The van der Waals surface area contributed by atoms with Crippen molar-refractivity contribution in [1.82, 2.24) is 4.90 Å².